The molecule has 6 heteroatoms. The molecule has 0 amide bonds. The second kappa shape index (κ2) is 4.68. The summed E-state index contributed by atoms with van der Waals surface area (Å²) in [6, 6.07) is 2.39. The molecule has 0 bridgehead atoms. The highest BCUT2D eigenvalue weighted by molar-refractivity contribution is 5.98. The number of ketones is 1. The van der Waals surface area contributed by atoms with E-state index in [2.05, 4.69) is 5.32 Å². The lowest BCUT2D eigenvalue weighted by Gasteiger charge is -2.11. The van der Waals surface area contributed by atoms with Gasteiger partial charge < -0.3 is 5.32 Å². The Bertz CT molecular complexity index is 464. The Morgan fingerprint density at radius 2 is 2.06 bits per heavy atom. The van der Waals surface area contributed by atoms with E-state index >= 15 is 0 Å². The zero-order valence-electron chi connectivity index (χ0n) is 9.35. The molecule has 1 atom stereocenters. The number of hydrogen-bond donors (Lipinski definition) is 1. The van der Waals surface area contributed by atoms with Crippen molar-refractivity contribution in [3.05, 3.63) is 35.1 Å². The topological polar surface area (TPSA) is 29.1 Å². The van der Waals surface area contributed by atoms with Crippen molar-refractivity contribution in [2.24, 2.45) is 5.92 Å². The number of carbonyl (C=O) groups excluding carboxylic acids is 1. The summed E-state index contributed by atoms with van der Waals surface area (Å²) in [5.74, 6) is -2.05. The summed E-state index contributed by atoms with van der Waals surface area (Å²) in [5, 5.41) is 2.96. The molecule has 2 nitrogen and oxygen atoms in total. The number of benzene rings is 1. The summed E-state index contributed by atoms with van der Waals surface area (Å²) in [6.45, 7) is 1.13. The summed E-state index contributed by atoms with van der Waals surface area (Å²) >= 11 is 0. The minimum absolute atomic E-state index is 0.0857. The maximum absolute atomic E-state index is 13.1. The Morgan fingerprint density at radius 1 is 1.33 bits per heavy atom. The highest BCUT2D eigenvalue weighted by Crippen LogP contribution is 2.32. The number of Topliss-reactive ketones (excluding diaryl/α,β-unsaturated/α-hetero) is 1. The maximum atomic E-state index is 13.1. The first-order valence-electron chi connectivity index (χ1n) is 5.51. The van der Waals surface area contributed by atoms with Crippen molar-refractivity contribution in [2.45, 2.75) is 12.6 Å². The van der Waals surface area contributed by atoms with Crippen molar-refractivity contribution in [1.29, 1.82) is 0 Å². The van der Waals surface area contributed by atoms with Gasteiger partial charge in [-0.05, 0) is 31.2 Å². The van der Waals surface area contributed by atoms with Crippen molar-refractivity contribution in [3.63, 3.8) is 0 Å². The van der Waals surface area contributed by atoms with Crippen LogP contribution in [0.1, 0.15) is 22.3 Å². The smallest absolute Gasteiger partial charge is 0.316 e. The molecule has 1 N–H and O–H groups in total. The molecule has 2 rings (SSSR count). The Balaban J connectivity index is 2.32. The largest absolute Gasteiger partial charge is 0.419 e. The molecule has 1 aromatic rings. The third kappa shape index (κ3) is 2.53. The van der Waals surface area contributed by atoms with E-state index in [-0.39, 0.29) is 17.3 Å². The van der Waals surface area contributed by atoms with Crippen molar-refractivity contribution in [1.82, 2.24) is 5.32 Å². The average Bonchev–Trinajstić information content (AvgIpc) is 2.80. The van der Waals surface area contributed by atoms with Crippen LogP contribution >= 0.6 is 0 Å². The van der Waals surface area contributed by atoms with Gasteiger partial charge in [0.05, 0.1) is 5.56 Å². The minimum Gasteiger partial charge on any atom is -0.316 e. The fraction of sp³-hybridized carbons (Fsp3) is 0.417. The second-order valence-corrected chi connectivity index (χ2v) is 4.25. The van der Waals surface area contributed by atoms with Crippen LogP contribution in [0.5, 0.6) is 0 Å². The Morgan fingerprint density at radius 3 is 2.61 bits per heavy atom. The Labute approximate surface area is 101 Å². The molecular formula is C12H11F4NO. The Kier molecular flexibility index (Phi) is 3.38. The molecule has 1 heterocycles. The predicted molar refractivity (Wildman–Crippen MR) is 56.7 cm³/mol. The van der Waals surface area contributed by atoms with Crippen LogP contribution in [-0.4, -0.2) is 18.9 Å². The van der Waals surface area contributed by atoms with Gasteiger partial charge in [0.1, 0.15) is 5.82 Å². The van der Waals surface area contributed by atoms with Crippen LogP contribution in [0, 0.1) is 11.7 Å². The summed E-state index contributed by atoms with van der Waals surface area (Å²) < 4.78 is 50.6. The van der Waals surface area contributed by atoms with Gasteiger partial charge in [-0.2, -0.15) is 13.2 Å². The van der Waals surface area contributed by atoms with Crippen molar-refractivity contribution in [3.8, 4) is 0 Å². The number of carbonyl (C=O) groups is 1. The molecule has 1 aliphatic heterocycles. The fourth-order valence-electron chi connectivity index (χ4n) is 2.01. The van der Waals surface area contributed by atoms with E-state index < -0.39 is 17.6 Å². The fourth-order valence-corrected chi connectivity index (χ4v) is 2.01. The maximum Gasteiger partial charge on any atom is 0.419 e. The van der Waals surface area contributed by atoms with Crippen molar-refractivity contribution >= 4 is 5.78 Å². The van der Waals surface area contributed by atoms with E-state index in [1.54, 1.807) is 0 Å². The third-order valence-electron chi connectivity index (χ3n) is 2.99. The predicted octanol–water partition coefficient (Wildman–Crippen LogP) is 2.64. The van der Waals surface area contributed by atoms with Crippen LogP contribution in [0.4, 0.5) is 17.6 Å². The molecule has 1 fully saturated rings. The zero-order chi connectivity index (χ0) is 13.3. The molecule has 0 aliphatic carbocycles. The monoisotopic (exact) mass is 261 g/mol. The highest BCUT2D eigenvalue weighted by atomic mass is 19.4. The molecular weight excluding hydrogens is 250 g/mol. The number of hydrogen-bond acceptors (Lipinski definition) is 2. The molecule has 1 unspecified atom stereocenters. The second-order valence-electron chi connectivity index (χ2n) is 4.25. The van der Waals surface area contributed by atoms with Gasteiger partial charge in [0.25, 0.3) is 0 Å². The van der Waals surface area contributed by atoms with Crippen LogP contribution in [0.25, 0.3) is 0 Å². The molecule has 0 spiro atoms. The molecule has 0 saturated carbocycles. The van der Waals surface area contributed by atoms with E-state index in [0.29, 0.717) is 31.6 Å². The first-order chi connectivity index (χ1) is 8.39. The van der Waals surface area contributed by atoms with Crippen molar-refractivity contribution in [2.75, 3.05) is 13.1 Å². The van der Waals surface area contributed by atoms with Crippen LogP contribution < -0.4 is 5.32 Å². The van der Waals surface area contributed by atoms with Crippen molar-refractivity contribution < 1.29 is 22.4 Å². The summed E-state index contributed by atoms with van der Waals surface area (Å²) in [4.78, 5) is 11.9. The summed E-state index contributed by atoms with van der Waals surface area (Å²) in [5.41, 5.74) is -1.48. The Hall–Kier alpha value is -1.43. The lowest BCUT2D eigenvalue weighted by atomic mass is 9.95. The standard InChI is InChI=1S/C12H11F4NO/c13-10-2-1-7(5-9(10)12(14,15)16)11(18)8-3-4-17-6-8/h1-2,5,8,17H,3-4,6H2. The van der Waals surface area contributed by atoms with E-state index in [0.717, 1.165) is 6.07 Å². The quantitative estimate of drug-likeness (QED) is 0.655. The highest BCUT2D eigenvalue weighted by Gasteiger charge is 2.35. The minimum atomic E-state index is -4.78. The van der Waals surface area contributed by atoms with Gasteiger partial charge in [-0.1, -0.05) is 0 Å². The molecule has 0 aromatic heterocycles. The van der Waals surface area contributed by atoms with Gasteiger partial charge >= 0.3 is 6.18 Å². The summed E-state index contributed by atoms with van der Waals surface area (Å²) in [7, 11) is 0. The van der Waals surface area contributed by atoms with Crippen LogP contribution in [0.3, 0.4) is 0 Å². The SMILES string of the molecule is O=C(c1ccc(F)c(C(F)(F)F)c1)C1CCNC1. The van der Waals surface area contributed by atoms with E-state index in [1.165, 1.54) is 0 Å². The first-order valence-corrected chi connectivity index (χ1v) is 5.51. The molecule has 1 aliphatic rings. The van der Waals surface area contributed by atoms with Gasteiger partial charge in [-0.15, -0.1) is 0 Å². The van der Waals surface area contributed by atoms with Gasteiger partial charge in [0, 0.05) is 18.0 Å². The first kappa shape index (κ1) is 13.0. The van der Waals surface area contributed by atoms with Crippen LogP contribution in [0.15, 0.2) is 18.2 Å². The molecule has 0 radical (unpaired) electrons. The van der Waals surface area contributed by atoms with Gasteiger partial charge in [0.2, 0.25) is 0 Å². The molecule has 18 heavy (non-hydrogen) atoms. The van der Waals surface area contributed by atoms with Crippen LogP contribution in [-0.2, 0) is 6.18 Å². The normalized spacial score (nSPS) is 20.1. The lowest BCUT2D eigenvalue weighted by molar-refractivity contribution is -0.140. The third-order valence-corrected chi connectivity index (χ3v) is 2.99. The number of rotatable bonds is 2. The van der Waals surface area contributed by atoms with E-state index in [4.69, 9.17) is 0 Å². The number of alkyl halides is 3. The van der Waals surface area contributed by atoms with Gasteiger partial charge in [-0.3, -0.25) is 4.79 Å². The number of halogens is 4. The van der Waals surface area contributed by atoms with Gasteiger partial charge in [0.15, 0.2) is 5.78 Å². The summed E-state index contributed by atoms with van der Waals surface area (Å²) in [6.07, 6.45) is -4.19. The van der Waals surface area contributed by atoms with E-state index in [1.807, 2.05) is 0 Å². The average molecular weight is 261 g/mol. The van der Waals surface area contributed by atoms with E-state index in [9.17, 15) is 22.4 Å². The zero-order valence-corrected chi connectivity index (χ0v) is 9.35. The van der Waals surface area contributed by atoms with Crippen LogP contribution in [0.2, 0.25) is 0 Å². The molecule has 98 valence electrons. The lowest BCUT2D eigenvalue weighted by Crippen LogP contribution is -2.19. The number of nitrogens with one attached hydrogen (secondary N) is 1. The molecule has 1 saturated heterocycles. The molecule has 1 aromatic carbocycles. The van der Waals surface area contributed by atoms with Gasteiger partial charge in [-0.25, -0.2) is 4.39 Å².